The minimum atomic E-state index is -4.24. The first-order chi connectivity index (χ1) is 16.5. The number of aromatic nitrogens is 6. The number of aryl methyl sites for hydroxylation is 2. The van der Waals surface area contributed by atoms with Crippen LogP contribution in [0.25, 0.3) is 17.2 Å². The molecule has 0 aromatic carbocycles. The van der Waals surface area contributed by atoms with Crippen molar-refractivity contribution in [2.24, 2.45) is 0 Å². The molecule has 0 saturated heterocycles. The number of rotatable bonds is 5. The average molecular weight is 593 g/mol. The van der Waals surface area contributed by atoms with Crippen molar-refractivity contribution in [1.82, 2.24) is 29.3 Å². The summed E-state index contributed by atoms with van der Waals surface area (Å²) in [7, 11) is 0. The Bertz CT molecular complexity index is 1450. The largest absolute Gasteiger partial charge is 0.389 e. The third-order valence-electron chi connectivity index (χ3n) is 5.98. The molecule has 35 heavy (non-hydrogen) atoms. The second-order valence-corrected chi connectivity index (χ2v) is 9.80. The number of imidazole rings is 1. The molecule has 180 valence electrons. The smallest absolute Gasteiger partial charge is 0.309 e. The quantitative estimate of drug-likeness (QED) is 0.339. The lowest BCUT2D eigenvalue weighted by Crippen LogP contribution is -2.33. The van der Waals surface area contributed by atoms with Crippen LogP contribution in [0.3, 0.4) is 0 Å². The summed E-state index contributed by atoms with van der Waals surface area (Å²) in [5.74, 6) is 0.327. The molecule has 1 amide bonds. The van der Waals surface area contributed by atoms with Crippen LogP contribution in [-0.4, -0.2) is 41.4 Å². The molecular formula is C23H19F3IN7O. The lowest BCUT2D eigenvalue weighted by Gasteiger charge is -2.21. The van der Waals surface area contributed by atoms with Crippen molar-refractivity contribution in [2.75, 3.05) is 5.32 Å². The van der Waals surface area contributed by atoms with Crippen LogP contribution < -0.4 is 5.32 Å². The maximum absolute atomic E-state index is 13.0. The first-order valence-corrected chi connectivity index (χ1v) is 11.9. The molecule has 8 nitrogen and oxygen atoms in total. The summed E-state index contributed by atoms with van der Waals surface area (Å²) < 4.78 is 40.7. The molecule has 0 radical (unpaired) electrons. The summed E-state index contributed by atoms with van der Waals surface area (Å²) in [6.45, 7) is 3.57. The molecule has 4 aromatic rings. The molecule has 0 saturated carbocycles. The van der Waals surface area contributed by atoms with Crippen molar-refractivity contribution < 1.29 is 18.0 Å². The van der Waals surface area contributed by atoms with Crippen molar-refractivity contribution in [3.05, 3.63) is 63.1 Å². The molecule has 1 aliphatic heterocycles. The SMILES string of the molecule is Cc1cn2cc(-c3ncc4c(n3)NC(=O)C4(C)c3ccc(I)cn3)nc(CCCC(F)(F)F)c2n1. The van der Waals surface area contributed by atoms with E-state index >= 15 is 0 Å². The molecule has 5 heterocycles. The number of hydrogen-bond donors (Lipinski definition) is 1. The van der Waals surface area contributed by atoms with Crippen LogP contribution in [-0.2, 0) is 16.6 Å². The summed E-state index contributed by atoms with van der Waals surface area (Å²) >= 11 is 2.15. The summed E-state index contributed by atoms with van der Waals surface area (Å²) in [5, 5.41) is 2.81. The highest BCUT2D eigenvalue weighted by Crippen LogP contribution is 2.41. The van der Waals surface area contributed by atoms with Crippen LogP contribution in [0, 0.1) is 10.5 Å². The minimum Gasteiger partial charge on any atom is -0.309 e. The third kappa shape index (κ3) is 4.34. The second-order valence-electron chi connectivity index (χ2n) is 8.55. The fourth-order valence-electron chi connectivity index (χ4n) is 4.16. The van der Waals surface area contributed by atoms with E-state index in [4.69, 9.17) is 0 Å². The lowest BCUT2D eigenvalue weighted by atomic mass is 9.81. The first-order valence-electron chi connectivity index (χ1n) is 10.8. The van der Waals surface area contributed by atoms with Gasteiger partial charge in [-0.3, -0.25) is 9.78 Å². The Morgan fingerprint density at radius 1 is 1.11 bits per heavy atom. The van der Waals surface area contributed by atoms with Gasteiger partial charge < -0.3 is 9.72 Å². The van der Waals surface area contributed by atoms with E-state index in [1.807, 2.05) is 6.07 Å². The number of carbonyl (C=O) groups excluding carboxylic acids is 1. The molecule has 5 rings (SSSR count). The van der Waals surface area contributed by atoms with Gasteiger partial charge in [-0.15, -0.1) is 0 Å². The lowest BCUT2D eigenvalue weighted by molar-refractivity contribution is -0.135. The molecule has 4 aromatic heterocycles. The molecule has 12 heteroatoms. The van der Waals surface area contributed by atoms with Gasteiger partial charge in [-0.1, -0.05) is 0 Å². The Hall–Kier alpha value is -3.16. The monoisotopic (exact) mass is 593 g/mol. The Labute approximate surface area is 211 Å². The topological polar surface area (TPSA) is 98.0 Å². The van der Waals surface area contributed by atoms with E-state index in [1.54, 1.807) is 49.1 Å². The zero-order chi connectivity index (χ0) is 25.0. The highest BCUT2D eigenvalue weighted by atomic mass is 127. The fourth-order valence-corrected chi connectivity index (χ4v) is 4.48. The summed E-state index contributed by atoms with van der Waals surface area (Å²) in [6.07, 6.45) is 1.56. The van der Waals surface area contributed by atoms with Gasteiger partial charge in [0.2, 0.25) is 5.91 Å². The standard InChI is InChI=1S/C23H19F3IN7O/c1-12-10-34-11-16(31-15(20(34)30-12)4-3-7-23(24,25)26)19-29-9-14-18(32-19)33-21(35)22(14,2)17-6-5-13(27)8-28-17/h5-6,8-11H,3-4,7H2,1-2H3,(H,29,32,33,35). The zero-order valence-electron chi connectivity index (χ0n) is 18.7. The van der Waals surface area contributed by atoms with Gasteiger partial charge in [-0.05, 0) is 61.4 Å². The molecule has 1 aliphatic rings. The van der Waals surface area contributed by atoms with Gasteiger partial charge in [0.1, 0.15) is 16.9 Å². The number of pyridine rings is 1. The van der Waals surface area contributed by atoms with Crippen molar-refractivity contribution in [3.8, 4) is 11.5 Å². The van der Waals surface area contributed by atoms with Crippen LogP contribution in [0.15, 0.2) is 36.9 Å². The molecule has 0 fully saturated rings. The molecule has 0 spiro atoms. The minimum absolute atomic E-state index is 0.103. The van der Waals surface area contributed by atoms with E-state index < -0.39 is 18.0 Å². The second kappa shape index (κ2) is 8.50. The number of alkyl halides is 3. The van der Waals surface area contributed by atoms with Crippen molar-refractivity contribution in [3.63, 3.8) is 0 Å². The number of anilines is 1. The van der Waals surface area contributed by atoms with E-state index in [1.165, 1.54) is 0 Å². The maximum atomic E-state index is 13.0. The van der Waals surface area contributed by atoms with Crippen LogP contribution >= 0.6 is 22.6 Å². The molecule has 1 N–H and O–H groups in total. The van der Waals surface area contributed by atoms with E-state index in [2.05, 4.69) is 52.8 Å². The van der Waals surface area contributed by atoms with Crippen molar-refractivity contribution in [1.29, 1.82) is 0 Å². The van der Waals surface area contributed by atoms with Gasteiger partial charge in [0.25, 0.3) is 0 Å². The Morgan fingerprint density at radius 3 is 2.63 bits per heavy atom. The number of halogens is 4. The highest BCUT2D eigenvalue weighted by molar-refractivity contribution is 14.1. The normalized spacial score (nSPS) is 17.6. The summed E-state index contributed by atoms with van der Waals surface area (Å²) in [6, 6.07) is 3.68. The number of carbonyl (C=O) groups is 1. The van der Waals surface area contributed by atoms with E-state index in [-0.39, 0.29) is 24.6 Å². The van der Waals surface area contributed by atoms with E-state index in [0.717, 1.165) is 3.57 Å². The average Bonchev–Trinajstić information content (AvgIpc) is 3.29. The van der Waals surface area contributed by atoms with Gasteiger partial charge in [-0.25, -0.2) is 19.9 Å². The van der Waals surface area contributed by atoms with Crippen LogP contribution in [0.1, 0.15) is 42.4 Å². The molecule has 0 aliphatic carbocycles. The summed E-state index contributed by atoms with van der Waals surface area (Å²) in [5.41, 5.74) is 2.12. The molecular weight excluding hydrogens is 574 g/mol. The Morgan fingerprint density at radius 2 is 1.91 bits per heavy atom. The molecule has 0 bridgehead atoms. The van der Waals surface area contributed by atoms with E-state index in [9.17, 15) is 18.0 Å². The fraction of sp³-hybridized carbons (Fsp3) is 0.304. The maximum Gasteiger partial charge on any atom is 0.389 e. The van der Waals surface area contributed by atoms with Crippen LogP contribution in [0.2, 0.25) is 0 Å². The van der Waals surface area contributed by atoms with Gasteiger partial charge >= 0.3 is 6.18 Å². The molecule has 1 unspecified atom stereocenters. The Balaban J connectivity index is 1.53. The van der Waals surface area contributed by atoms with Crippen molar-refractivity contribution in [2.45, 2.75) is 44.7 Å². The van der Waals surface area contributed by atoms with Crippen LogP contribution in [0.4, 0.5) is 19.0 Å². The predicted molar refractivity (Wildman–Crippen MR) is 130 cm³/mol. The Kier molecular flexibility index (Phi) is 5.73. The van der Waals surface area contributed by atoms with Crippen molar-refractivity contribution >= 4 is 40.0 Å². The predicted octanol–water partition coefficient (Wildman–Crippen LogP) is 4.64. The van der Waals surface area contributed by atoms with E-state index in [0.29, 0.717) is 39.8 Å². The number of fused-ring (bicyclic) bond motifs is 2. The molecule has 1 atom stereocenters. The van der Waals surface area contributed by atoms with Gasteiger partial charge in [0.15, 0.2) is 11.5 Å². The number of nitrogens with zero attached hydrogens (tertiary/aromatic N) is 6. The number of nitrogens with one attached hydrogen (secondary N) is 1. The summed E-state index contributed by atoms with van der Waals surface area (Å²) in [4.78, 5) is 35.4. The third-order valence-corrected chi connectivity index (χ3v) is 6.62. The van der Waals surface area contributed by atoms with Gasteiger partial charge in [-0.2, -0.15) is 13.2 Å². The number of amides is 1. The van der Waals surface area contributed by atoms with Crippen LogP contribution in [0.5, 0.6) is 0 Å². The zero-order valence-corrected chi connectivity index (χ0v) is 20.8. The highest BCUT2D eigenvalue weighted by Gasteiger charge is 2.46. The van der Waals surface area contributed by atoms with Gasteiger partial charge in [0, 0.05) is 40.3 Å². The number of hydrogen-bond acceptors (Lipinski definition) is 6. The van der Waals surface area contributed by atoms with Gasteiger partial charge in [0.05, 0.1) is 17.1 Å². The first kappa shape index (κ1) is 23.6.